The van der Waals surface area contributed by atoms with E-state index in [0.717, 1.165) is 41.6 Å². The van der Waals surface area contributed by atoms with Gasteiger partial charge in [-0.05, 0) is 31.9 Å². The van der Waals surface area contributed by atoms with Crippen LogP contribution in [-0.4, -0.2) is 37.2 Å². The van der Waals surface area contributed by atoms with Gasteiger partial charge in [-0.3, -0.25) is 4.79 Å². The van der Waals surface area contributed by atoms with E-state index >= 15 is 0 Å². The first-order valence-electron chi connectivity index (χ1n) is 9.89. The number of imidazole rings is 1. The number of hydrogen-bond acceptors (Lipinski definition) is 7. The fraction of sp³-hybridized carbons (Fsp3) is 0.333. The van der Waals surface area contributed by atoms with Gasteiger partial charge in [0, 0.05) is 17.9 Å². The Morgan fingerprint density at radius 1 is 1.27 bits per heavy atom. The molecule has 1 saturated heterocycles. The SMILES string of the molecule is Cc1oc(-c2ccccc2)nc1CSc1nc2c(=O)[nH]cnc2n1C[C@@H]1CCCO1. The van der Waals surface area contributed by atoms with Crippen LogP contribution >= 0.6 is 11.8 Å². The maximum atomic E-state index is 12.2. The third-order valence-electron chi connectivity index (χ3n) is 5.16. The Bertz CT molecular complexity index is 1220. The highest BCUT2D eigenvalue weighted by Crippen LogP contribution is 2.29. The van der Waals surface area contributed by atoms with E-state index in [2.05, 4.69) is 19.9 Å². The molecule has 3 aromatic heterocycles. The van der Waals surface area contributed by atoms with E-state index in [1.807, 2.05) is 41.8 Å². The lowest BCUT2D eigenvalue weighted by molar-refractivity contribution is 0.0958. The molecule has 0 unspecified atom stereocenters. The summed E-state index contributed by atoms with van der Waals surface area (Å²) in [6.07, 6.45) is 3.58. The molecule has 30 heavy (non-hydrogen) atoms. The fourth-order valence-corrected chi connectivity index (χ4v) is 4.60. The third kappa shape index (κ3) is 3.66. The van der Waals surface area contributed by atoms with Gasteiger partial charge in [0.15, 0.2) is 16.3 Å². The first-order chi connectivity index (χ1) is 14.7. The van der Waals surface area contributed by atoms with E-state index < -0.39 is 0 Å². The van der Waals surface area contributed by atoms with Crippen LogP contribution < -0.4 is 5.56 Å². The number of H-pyrrole nitrogens is 1. The number of nitrogens with one attached hydrogen (secondary N) is 1. The molecule has 5 rings (SSSR count). The molecule has 1 aliphatic rings. The maximum absolute atomic E-state index is 12.2. The van der Waals surface area contributed by atoms with E-state index in [9.17, 15) is 4.79 Å². The third-order valence-corrected chi connectivity index (χ3v) is 6.15. The smallest absolute Gasteiger partial charge is 0.278 e. The molecular weight excluding hydrogens is 402 g/mol. The molecule has 0 aliphatic carbocycles. The number of benzene rings is 1. The van der Waals surface area contributed by atoms with Crippen molar-refractivity contribution in [3.8, 4) is 11.5 Å². The standard InChI is InChI=1S/C21H21N5O3S/c1-13-16(24-20(29-13)14-6-3-2-4-7-14)11-30-21-25-17-18(22-12-23-19(17)27)26(21)10-15-8-5-9-28-15/h2-4,6-7,12,15H,5,8-11H2,1H3,(H,22,23,27)/t15-/m0/s1. The monoisotopic (exact) mass is 423 g/mol. The van der Waals surface area contributed by atoms with Gasteiger partial charge in [0.2, 0.25) is 5.89 Å². The molecule has 8 nitrogen and oxygen atoms in total. The first kappa shape index (κ1) is 19.1. The van der Waals surface area contributed by atoms with Gasteiger partial charge in [-0.15, -0.1) is 0 Å². The van der Waals surface area contributed by atoms with Crippen molar-refractivity contribution in [2.45, 2.75) is 43.3 Å². The first-order valence-corrected chi connectivity index (χ1v) is 10.9. The van der Waals surface area contributed by atoms with Crippen LogP contribution in [0, 0.1) is 6.92 Å². The summed E-state index contributed by atoms with van der Waals surface area (Å²) in [5.74, 6) is 1.96. The number of nitrogens with zero attached hydrogens (tertiary/aromatic N) is 4. The Morgan fingerprint density at radius 3 is 2.93 bits per heavy atom. The lowest BCUT2D eigenvalue weighted by atomic mass is 10.2. The fourth-order valence-electron chi connectivity index (χ4n) is 3.59. The number of rotatable bonds is 6. The summed E-state index contributed by atoms with van der Waals surface area (Å²) in [5, 5.41) is 0.730. The van der Waals surface area contributed by atoms with E-state index in [4.69, 9.17) is 9.15 Å². The molecule has 9 heteroatoms. The van der Waals surface area contributed by atoms with Crippen LogP contribution in [0.2, 0.25) is 0 Å². The number of hydrogen-bond donors (Lipinski definition) is 1. The van der Waals surface area contributed by atoms with Crippen LogP contribution in [0.3, 0.4) is 0 Å². The van der Waals surface area contributed by atoms with E-state index in [0.29, 0.717) is 29.4 Å². The predicted octanol–water partition coefficient (Wildman–Crippen LogP) is 3.55. The highest BCUT2D eigenvalue weighted by atomic mass is 32.2. The van der Waals surface area contributed by atoms with Crippen molar-refractivity contribution in [3.05, 3.63) is 58.5 Å². The van der Waals surface area contributed by atoms with Crippen LogP contribution in [0.1, 0.15) is 24.3 Å². The summed E-state index contributed by atoms with van der Waals surface area (Å²) >= 11 is 1.52. The molecule has 0 amide bonds. The average molecular weight is 423 g/mol. The molecular formula is C21H21N5O3S. The topological polar surface area (TPSA) is 98.8 Å². The summed E-state index contributed by atoms with van der Waals surface area (Å²) in [4.78, 5) is 28.4. The van der Waals surface area contributed by atoms with Crippen molar-refractivity contribution in [2.75, 3.05) is 6.61 Å². The minimum Gasteiger partial charge on any atom is -0.441 e. The van der Waals surface area contributed by atoms with Crippen LogP contribution in [0.5, 0.6) is 0 Å². The normalized spacial score (nSPS) is 16.5. The second-order valence-electron chi connectivity index (χ2n) is 7.22. The zero-order valence-corrected chi connectivity index (χ0v) is 17.3. The maximum Gasteiger partial charge on any atom is 0.278 e. The van der Waals surface area contributed by atoms with Crippen molar-refractivity contribution in [3.63, 3.8) is 0 Å². The lowest BCUT2D eigenvalue weighted by Gasteiger charge is -2.13. The highest BCUT2D eigenvalue weighted by molar-refractivity contribution is 7.98. The lowest BCUT2D eigenvalue weighted by Crippen LogP contribution is -2.16. The van der Waals surface area contributed by atoms with Crippen LogP contribution in [0.25, 0.3) is 22.6 Å². The quantitative estimate of drug-likeness (QED) is 0.474. The van der Waals surface area contributed by atoms with Gasteiger partial charge in [0.1, 0.15) is 5.76 Å². The van der Waals surface area contributed by atoms with Crippen LogP contribution in [0.4, 0.5) is 0 Å². The van der Waals surface area contributed by atoms with Crippen molar-refractivity contribution < 1.29 is 9.15 Å². The number of thioether (sulfide) groups is 1. The van der Waals surface area contributed by atoms with Gasteiger partial charge in [-0.1, -0.05) is 30.0 Å². The molecule has 1 aliphatic heterocycles. The van der Waals surface area contributed by atoms with Gasteiger partial charge >= 0.3 is 0 Å². The summed E-state index contributed by atoms with van der Waals surface area (Å²) < 4.78 is 13.6. The summed E-state index contributed by atoms with van der Waals surface area (Å²) in [6, 6.07) is 9.83. The molecule has 154 valence electrons. The Hall–Kier alpha value is -2.91. The minimum atomic E-state index is -0.239. The van der Waals surface area contributed by atoms with E-state index in [-0.39, 0.29) is 11.7 Å². The van der Waals surface area contributed by atoms with E-state index in [1.54, 1.807) is 0 Å². The summed E-state index contributed by atoms with van der Waals surface area (Å²) in [5.41, 5.74) is 2.49. The molecule has 1 atom stereocenters. The van der Waals surface area contributed by atoms with Crippen molar-refractivity contribution in [1.29, 1.82) is 0 Å². The number of aromatic amines is 1. The molecule has 0 bridgehead atoms. The predicted molar refractivity (Wildman–Crippen MR) is 113 cm³/mol. The van der Waals surface area contributed by atoms with Gasteiger partial charge in [-0.2, -0.15) is 0 Å². The molecule has 1 N–H and O–H groups in total. The second kappa shape index (κ2) is 8.08. The van der Waals surface area contributed by atoms with Crippen LogP contribution in [-0.2, 0) is 17.0 Å². The summed E-state index contributed by atoms with van der Waals surface area (Å²) in [6.45, 7) is 3.31. The van der Waals surface area contributed by atoms with Gasteiger partial charge in [-0.25, -0.2) is 15.0 Å². The van der Waals surface area contributed by atoms with Gasteiger partial charge in [0.05, 0.1) is 24.7 Å². The molecule has 1 aromatic carbocycles. The van der Waals surface area contributed by atoms with Crippen LogP contribution in [0.15, 0.2) is 51.0 Å². The molecule has 4 aromatic rings. The Labute approximate surface area is 176 Å². The Kier molecular flexibility index (Phi) is 5.14. The highest BCUT2D eigenvalue weighted by Gasteiger charge is 2.22. The minimum absolute atomic E-state index is 0.112. The molecule has 1 fully saturated rings. The number of ether oxygens (including phenoxy) is 1. The zero-order valence-electron chi connectivity index (χ0n) is 16.5. The zero-order chi connectivity index (χ0) is 20.5. The number of oxazole rings is 1. The van der Waals surface area contributed by atoms with Gasteiger partial charge < -0.3 is 18.7 Å². The summed E-state index contributed by atoms with van der Waals surface area (Å²) in [7, 11) is 0. The molecule has 4 heterocycles. The largest absolute Gasteiger partial charge is 0.441 e. The Morgan fingerprint density at radius 2 is 2.13 bits per heavy atom. The average Bonchev–Trinajstić information content (AvgIpc) is 3.48. The molecule has 0 spiro atoms. The van der Waals surface area contributed by atoms with Crippen molar-refractivity contribution in [1.82, 2.24) is 24.5 Å². The van der Waals surface area contributed by atoms with Gasteiger partial charge in [0.25, 0.3) is 5.56 Å². The Balaban J connectivity index is 1.43. The number of aryl methyl sites for hydroxylation is 1. The molecule has 0 saturated carbocycles. The van der Waals surface area contributed by atoms with E-state index in [1.165, 1.54) is 18.1 Å². The van der Waals surface area contributed by atoms with Crippen molar-refractivity contribution in [2.24, 2.45) is 0 Å². The number of aromatic nitrogens is 5. The second-order valence-corrected chi connectivity index (χ2v) is 8.16. The van der Waals surface area contributed by atoms with Crippen molar-refractivity contribution >= 4 is 22.9 Å². The molecule has 0 radical (unpaired) electrons. The number of fused-ring (bicyclic) bond motifs is 1.